The van der Waals surface area contributed by atoms with Crippen LogP contribution in [-0.2, 0) is 5.54 Å². The number of benzene rings is 1. The normalized spacial score (nSPS) is 15.4. The highest BCUT2D eigenvalue weighted by atomic mass is 14.7. The number of allylic oxidation sites excluding steroid dienone is 2. The second-order valence-electron chi connectivity index (χ2n) is 6.44. The molecule has 21 heavy (non-hydrogen) atoms. The number of nitrogens with two attached hydrogens (primary N) is 1. The lowest BCUT2D eigenvalue weighted by Crippen LogP contribution is -2.30. The summed E-state index contributed by atoms with van der Waals surface area (Å²) < 4.78 is 0. The Labute approximate surface area is 131 Å². The van der Waals surface area contributed by atoms with Gasteiger partial charge in [0, 0.05) is 0 Å². The minimum Gasteiger partial charge on any atom is -0.318 e. The van der Waals surface area contributed by atoms with E-state index < -0.39 is 5.54 Å². The zero-order valence-corrected chi connectivity index (χ0v) is 14.3. The second-order valence-corrected chi connectivity index (χ2v) is 6.44. The number of hydrogen-bond acceptors (Lipinski definition) is 1. The molecule has 0 aliphatic heterocycles. The van der Waals surface area contributed by atoms with Gasteiger partial charge in [-0.15, -0.1) is 0 Å². The van der Waals surface area contributed by atoms with E-state index in [1.54, 1.807) is 0 Å². The Kier molecular flexibility index (Phi) is 6.91. The molecule has 0 amide bonds. The first-order chi connectivity index (χ1) is 9.89. The van der Waals surface area contributed by atoms with Crippen LogP contribution in [0.2, 0.25) is 0 Å². The summed E-state index contributed by atoms with van der Waals surface area (Å²) in [5.74, 6) is 1.20. The fourth-order valence-electron chi connectivity index (χ4n) is 2.25. The third-order valence-electron chi connectivity index (χ3n) is 3.97. The summed E-state index contributed by atoms with van der Waals surface area (Å²) in [5, 5.41) is 0. The molecular weight excluding hydrogens is 254 g/mol. The number of hydrogen-bond donors (Lipinski definition) is 1. The van der Waals surface area contributed by atoms with Crippen molar-refractivity contribution in [3.05, 3.63) is 53.6 Å². The van der Waals surface area contributed by atoms with Crippen LogP contribution in [0.4, 0.5) is 0 Å². The Morgan fingerprint density at radius 2 is 1.62 bits per heavy atom. The quantitative estimate of drug-likeness (QED) is 0.656. The van der Waals surface area contributed by atoms with Gasteiger partial charge in [0.25, 0.3) is 0 Å². The standard InChI is InChI=1S/C20H31N/c1-6-17(7-2)8-9-18-10-12-19(13-11-18)20(5,21)15-14-16(3)4/h8-17H,6-7,21H2,1-5H3/b9-8+,15-14+. The molecule has 1 heteroatoms. The van der Waals surface area contributed by atoms with Crippen molar-refractivity contribution in [2.75, 3.05) is 0 Å². The van der Waals surface area contributed by atoms with Crippen LogP contribution >= 0.6 is 0 Å². The molecule has 0 aliphatic rings. The van der Waals surface area contributed by atoms with E-state index in [9.17, 15) is 0 Å². The van der Waals surface area contributed by atoms with Crippen LogP contribution in [0.15, 0.2) is 42.5 Å². The minimum absolute atomic E-state index is 0.401. The first kappa shape index (κ1) is 17.7. The third kappa shape index (κ3) is 5.89. The van der Waals surface area contributed by atoms with Gasteiger partial charge in [-0.2, -0.15) is 0 Å². The van der Waals surface area contributed by atoms with Crippen molar-refractivity contribution < 1.29 is 0 Å². The minimum atomic E-state index is -0.401. The average Bonchev–Trinajstić information content (AvgIpc) is 2.47. The van der Waals surface area contributed by atoms with Crippen LogP contribution in [0.5, 0.6) is 0 Å². The topological polar surface area (TPSA) is 26.0 Å². The van der Waals surface area contributed by atoms with Gasteiger partial charge >= 0.3 is 0 Å². The van der Waals surface area contributed by atoms with E-state index in [1.165, 1.54) is 18.4 Å². The van der Waals surface area contributed by atoms with Gasteiger partial charge in [0.15, 0.2) is 0 Å². The van der Waals surface area contributed by atoms with E-state index in [1.807, 2.05) is 0 Å². The third-order valence-corrected chi connectivity index (χ3v) is 3.97. The van der Waals surface area contributed by atoms with E-state index in [4.69, 9.17) is 5.73 Å². The molecule has 1 rings (SSSR count). The Bertz CT molecular complexity index is 459. The molecule has 0 aliphatic carbocycles. The highest BCUT2D eigenvalue weighted by molar-refractivity contribution is 5.50. The van der Waals surface area contributed by atoms with Gasteiger partial charge < -0.3 is 5.73 Å². The molecule has 1 atom stereocenters. The summed E-state index contributed by atoms with van der Waals surface area (Å²) in [6.07, 6.45) is 11.2. The molecule has 0 saturated heterocycles. The molecule has 0 bridgehead atoms. The van der Waals surface area contributed by atoms with Crippen LogP contribution < -0.4 is 5.73 Å². The summed E-state index contributed by atoms with van der Waals surface area (Å²) in [7, 11) is 0. The lowest BCUT2D eigenvalue weighted by Gasteiger charge is -2.21. The molecule has 0 saturated carbocycles. The summed E-state index contributed by atoms with van der Waals surface area (Å²) in [6.45, 7) is 10.9. The lowest BCUT2D eigenvalue weighted by atomic mass is 9.91. The fourth-order valence-corrected chi connectivity index (χ4v) is 2.25. The molecule has 0 spiro atoms. The predicted molar refractivity (Wildman–Crippen MR) is 95.1 cm³/mol. The van der Waals surface area contributed by atoms with Gasteiger partial charge in [-0.25, -0.2) is 0 Å². The first-order valence-corrected chi connectivity index (χ1v) is 8.16. The molecule has 1 nitrogen and oxygen atoms in total. The van der Waals surface area contributed by atoms with E-state index in [2.05, 4.69) is 83.2 Å². The number of rotatable bonds is 7. The zero-order valence-electron chi connectivity index (χ0n) is 14.3. The molecule has 1 unspecified atom stereocenters. The Morgan fingerprint density at radius 1 is 1.05 bits per heavy atom. The summed E-state index contributed by atoms with van der Waals surface area (Å²) in [4.78, 5) is 0. The van der Waals surface area contributed by atoms with Crippen molar-refractivity contribution in [1.29, 1.82) is 0 Å². The van der Waals surface area contributed by atoms with E-state index in [0.29, 0.717) is 11.8 Å². The van der Waals surface area contributed by atoms with Gasteiger partial charge in [-0.1, -0.05) is 76.3 Å². The molecule has 1 aromatic rings. The molecule has 116 valence electrons. The first-order valence-electron chi connectivity index (χ1n) is 8.16. The van der Waals surface area contributed by atoms with Gasteiger partial charge in [0.2, 0.25) is 0 Å². The maximum Gasteiger partial charge on any atom is 0.0566 e. The van der Waals surface area contributed by atoms with Crippen LogP contribution in [0.3, 0.4) is 0 Å². The maximum absolute atomic E-state index is 6.40. The van der Waals surface area contributed by atoms with Crippen LogP contribution in [-0.4, -0.2) is 0 Å². The largest absolute Gasteiger partial charge is 0.318 e. The van der Waals surface area contributed by atoms with Crippen molar-refractivity contribution in [2.45, 2.75) is 53.0 Å². The van der Waals surface area contributed by atoms with Crippen molar-refractivity contribution >= 4 is 6.08 Å². The summed E-state index contributed by atoms with van der Waals surface area (Å²) in [6, 6.07) is 8.58. The van der Waals surface area contributed by atoms with Crippen molar-refractivity contribution in [1.82, 2.24) is 0 Å². The smallest absolute Gasteiger partial charge is 0.0566 e. The van der Waals surface area contributed by atoms with Crippen molar-refractivity contribution in [2.24, 2.45) is 17.6 Å². The highest BCUT2D eigenvalue weighted by Gasteiger charge is 2.16. The molecule has 0 radical (unpaired) electrons. The summed E-state index contributed by atoms with van der Waals surface area (Å²) >= 11 is 0. The monoisotopic (exact) mass is 285 g/mol. The van der Waals surface area contributed by atoms with Crippen LogP contribution in [0, 0.1) is 11.8 Å². The average molecular weight is 285 g/mol. The van der Waals surface area contributed by atoms with Gasteiger partial charge in [-0.3, -0.25) is 0 Å². The molecule has 0 heterocycles. The van der Waals surface area contributed by atoms with Crippen LogP contribution in [0.25, 0.3) is 6.08 Å². The van der Waals surface area contributed by atoms with Crippen molar-refractivity contribution in [3.63, 3.8) is 0 Å². The Balaban J connectivity index is 2.82. The molecule has 0 aromatic heterocycles. The highest BCUT2D eigenvalue weighted by Crippen LogP contribution is 2.21. The van der Waals surface area contributed by atoms with E-state index >= 15 is 0 Å². The van der Waals surface area contributed by atoms with E-state index in [-0.39, 0.29) is 0 Å². The maximum atomic E-state index is 6.40. The molecule has 2 N–H and O–H groups in total. The fraction of sp³-hybridized carbons (Fsp3) is 0.500. The lowest BCUT2D eigenvalue weighted by molar-refractivity contribution is 0.608. The Morgan fingerprint density at radius 3 is 2.10 bits per heavy atom. The zero-order chi connectivity index (χ0) is 15.9. The summed E-state index contributed by atoms with van der Waals surface area (Å²) in [5.41, 5.74) is 8.39. The Hall–Kier alpha value is -1.34. The predicted octanol–water partition coefficient (Wildman–Crippen LogP) is 5.52. The van der Waals surface area contributed by atoms with Crippen molar-refractivity contribution in [3.8, 4) is 0 Å². The van der Waals surface area contributed by atoms with Gasteiger partial charge in [-0.05, 0) is 42.7 Å². The molecule has 0 fully saturated rings. The molecular formula is C20H31N. The van der Waals surface area contributed by atoms with Crippen LogP contribution in [0.1, 0.15) is 58.6 Å². The van der Waals surface area contributed by atoms with E-state index in [0.717, 1.165) is 5.56 Å². The molecule has 1 aromatic carbocycles. The second kappa shape index (κ2) is 8.19. The SMILES string of the molecule is CCC(/C=C/c1ccc(C(C)(N)/C=C/C(C)C)cc1)CC. The van der Waals surface area contributed by atoms with Gasteiger partial charge in [0.05, 0.1) is 5.54 Å². The van der Waals surface area contributed by atoms with Gasteiger partial charge in [0.1, 0.15) is 0 Å².